The third-order valence-electron chi connectivity index (χ3n) is 2.18. The molecule has 0 aliphatic heterocycles. The van der Waals surface area contributed by atoms with Gasteiger partial charge in [0.1, 0.15) is 0 Å². The molecule has 1 aliphatic carbocycles. The third-order valence-corrected chi connectivity index (χ3v) is 3.31. The number of amides is 1. The predicted octanol–water partition coefficient (Wildman–Crippen LogP) is 0.849. The molecule has 1 N–H and O–H groups in total. The van der Waals surface area contributed by atoms with Gasteiger partial charge in [-0.3, -0.25) is 9.59 Å². The molecule has 5 nitrogen and oxygen atoms in total. The van der Waals surface area contributed by atoms with Crippen molar-refractivity contribution in [2.75, 3.05) is 11.5 Å². The van der Waals surface area contributed by atoms with Crippen molar-refractivity contribution in [2.45, 2.75) is 19.8 Å². The number of hydrogen-bond donors (Lipinski definition) is 1. The van der Waals surface area contributed by atoms with Crippen LogP contribution in [0.2, 0.25) is 0 Å². The first-order valence-electron chi connectivity index (χ1n) is 5.34. The van der Waals surface area contributed by atoms with Crippen molar-refractivity contribution >= 4 is 29.4 Å². The normalized spacial score (nSPS) is 18.2. The fraction of sp³-hybridized carbons (Fsp3) is 0.545. The number of hydrogen-bond acceptors (Lipinski definition) is 5. The van der Waals surface area contributed by atoms with Crippen molar-refractivity contribution in [2.24, 2.45) is 5.92 Å². The van der Waals surface area contributed by atoms with Crippen LogP contribution in [0.15, 0.2) is 12.2 Å². The van der Waals surface area contributed by atoms with E-state index in [1.807, 2.05) is 11.6 Å². The molecule has 94 valence electrons. The van der Waals surface area contributed by atoms with Crippen LogP contribution in [0, 0.1) is 5.92 Å². The van der Waals surface area contributed by atoms with Gasteiger partial charge in [-0.1, -0.05) is 6.08 Å². The lowest BCUT2D eigenvalue weighted by Gasteiger charge is -2.07. The van der Waals surface area contributed by atoms with Crippen molar-refractivity contribution in [3.05, 3.63) is 12.2 Å². The van der Waals surface area contributed by atoms with Gasteiger partial charge in [-0.15, -0.1) is 0 Å². The summed E-state index contributed by atoms with van der Waals surface area (Å²) in [4.78, 5) is 37.2. The average molecular weight is 257 g/mol. The van der Waals surface area contributed by atoms with Crippen molar-refractivity contribution in [1.82, 2.24) is 5.48 Å². The average Bonchev–Trinajstić information content (AvgIpc) is 2.68. The van der Waals surface area contributed by atoms with E-state index >= 15 is 0 Å². The lowest BCUT2D eigenvalue weighted by molar-refractivity contribution is -0.157. The largest absolute Gasteiger partial charge is 0.341 e. The Bertz CT molecular complexity index is 340. The van der Waals surface area contributed by atoms with Gasteiger partial charge in [0.05, 0.1) is 6.42 Å². The zero-order valence-electron chi connectivity index (χ0n) is 9.60. The van der Waals surface area contributed by atoms with Gasteiger partial charge in [-0.25, -0.2) is 4.79 Å². The summed E-state index contributed by atoms with van der Waals surface area (Å²) >= 11 is 1.54. The Labute approximate surface area is 104 Å². The summed E-state index contributed by atoms with van der Waals surface area (Å²) in [5, 5.41) is 0. The minimum absolute atomic E-state index is 0.0614. The fourth-order valence-electron chi connectivity index (χ4n) is 1.31. The summed E-state index contributed by atoms with van der Waals surface area (Å²) < 4.78 is 0. The molecule has 1 aliphatic rings. The molecular weight excluding hydrogens is 242 g/mol. The number of nitrogens with one attached hydrogen (secondary N) is 1. The fourth-order valence-corrected chi connectivity index (χ4v) is 2.37. The zero-order chi connectivity index (χ0) is 12.7. The highest BCUT2D eigenvalue weighted by atomic mass is 32.2. The Balaban J connectivity index is 2.02. The summed E-state index contributed by atoms with van der Waals surface area (Å²) in [5.41, 5.74) is 1.97. The molecule has 0 bridgehead atoms. The van der Waals surface area contributed by atoms with Crippen LogP contribution in [-0.4, -0.2) is 29.2 Å². The number of rotatable bonds is 5. The van der Waals surface area contributed by atoms with Crippen LogP contribution in [0.5, 0.6) is 0 Å². The van der Waals surface area contributed by atoms with E-state index in [2.05, 4.69) is 4.84 Å². The summed E-state index contributed by atoms with van der Waals surface area (Å²) in [6.07, 6.45) is 4.50. The second-order valence-corrected chi connectivity index (χ2v) is 4.84. The van der Waals surface area contributed by atoms with Gasteiger partial charge in [0.15, 0.2) is 5.78 Å². The Morgan fingerprint density at radius 1 is 1.59 bits per heavy atom. The van der Waals surface area contributed by atoms with E-state index in [0.717, 1.165) is 12.2 Å². The molecule has 6 heteroatoms. The molecule has 0 aromatic carbocycles. The maximum absolute atomic E-state index is 11.2. The molecule has 0 unspecified atom stereocenters. The van der Waals surface area contributed by atoms with Crippen molar-refractivity contribution in [1.29, 1.82) is 0 Å². The van der Waals surface area contributed by atoms with E-state index in [4.69, 9.17) is 0 Å². The van der Waals surface area contributed by atoms with Crippen LogP contribution in [0.1, 0.15) is 19.8 Å². The SMILES string of the molecule is CC(=O)NOC(=O)CCSC[C@@H]1CC=CC1=O. The van der Waals surface area contributed by atoms with Gasteiger partial charge >= 0.3 is 5.97 Å². The van der Waals surface area contributed by atoms with Crippen LogP contribution in [0.3, 0.4) is 0 Å². The van der Waals surface area contributed by atoms with Crippen LogP contribution in [-0.2, 0) is 19.2 Å². The number of carbonyl (C=O) groups excluding carboxylic acids is 3. The van der Waals surface area contributed by atoms with Gasteiger partial charge in [-0.2, -0.15) is 17.2 Å². The van der Waals surface area contributed by atoms with Crippen molar-refractivity contribution in [3.8, 4) is 0 Å². The first-order chi connectivity index (χ1) is 8.09. The molecule has 17 heavy (non-hydrogen) atoms. The number of allylic oxidation sites excluding steroid dienone is 2. The van der Waals surface area contributed by atoms with Crippen LogP contribution in [0.4, 0.5) is 0 Å². The Hall–Kier alpha value is -1.30. The lowest BCUT2D eigenvalue weighted by Crippen LogP contribution is -2.24. The second-order valence-electron chi connectivity index (χ2n) is 3.69. The predicted molar refractivity (Wildman–Crippen MR) is 64.1 cm³/mol. The molecule has 0 heterocycles. The molecule has 0 fully saturated rings. The Kier molecular flexibility index (Phi) is 5.76. The van der Waals surface area contributed by atoms with E-state index < -0.39 is 11.9 Å². The maximum atomic E-state index is 11.2. The minimum atomic E-state index is -0.469. The molecule has 1 rings (SSSR count). The Morgan fingerprint density at radius 2 is 2.35 bits per heavy atom. The first kappa shape index (κ1) is 13.8. The smallest absolute Gasteiger partial charge is 0.333 e. The van der Waals surface area contributed by atoms with E-state index in [1.165, 1.54) is 6.92 Å². The number of thioether (sulfide) groups is 1. The number of carbonyl (C=O) groups is 3. The first-order valence-corrected chi connectivity index (χ1v) is 6.49. The molecule has 0 saturated heterocycles. The summed E-state index contributed by atoms with van der Waals surface area (Å²) in [7, 11) is 0. The summed E-state index contributed by atoms with van der Waals surface area (Å²) in [5.74, 6) is 0.656. The standard InChI is InChI=1S/C11H15NO4S/c1-8(13)12-16-11(15)5-6-17-7-9-3-2-4-10(9)14/h2,4,9H,3,5-7H2,1H3,(H,12,13)/t9-/m0/s1. The minimum Gasteiger partial charge on any atom is -0.341 e. The molecule has 0 radical (unpaired) electrons. The maximum Gasteiger partial charge on any atom is 0.333 e. The van der Waals surface area contributed by atoms with Crippen LogP contribution < -0.4 is 5.48 Å². The molecule has 0 aromatic rings. The zero-order valence-corrected chi connectivity index (χ0v) is 10.4. The van der Waals surface area contributed by atoms with E-state index in [1.54, 1.807) is 17.8 Å². The highest BCUT2D eigenvalue weighted by Gasteiger charge is 2.19. The van der Waals surface area contributed by atoms with Crippen LogP contribution >= 0.6 is 11.8 Å². The molecule has 0 spiro atoms. The van der Waals surface area contributed by atoms with Gasteiger partial charge in [0.25, 0.3) is 0 Å². The topological polar surface area (TPSA) is 72.5 Å². The van der Waals surface area contributed by atoms with E-state index in [-0.39, 0.29) is 18.1 Å². The van der Waals surface area contributed by atoms with Gasteiger partial charge < -0.3 is 4.84 Å². The molecular formula is C11H15NO4S. The third kappa shape index (κ3) is 5.53. The Morgan fingerprint density at radius 3 is 2.94 bits per heavy atom. The quantitative estimate of drug-likeness (QED) is 0.584. The van der Waals surface area contributed by atoms with E-state index in [0.29, 0.717) is 5.75 Å². The van der Waals surface area contributed by atoms with Crippen molar-refractivity contribution in [3.63, 3.8) is 0 Å². The monoisotopic (exact) mass is 257 g/mol. The molecule has 0 aromatic heterocycles. The molecule has 0 saturated carbocycles. The second kappa shape index (κ2) is 7.11. The van der Waals surface area contributed by atoms with Gasteiger partial charge in [0, 0.05) is 24.3 Å². The molecule has 1 atom stereocenters. The summed E-state index contributed by atoms with van der Waals surface area (Å²) in [6, 6.07) is 0. The van der Waals surface area contributed by atoms with Crippen molar-refractivity contribution < 1.29 is 19.2 Å². The highest BCUT2D eigenvalue weighted by Crippen LogP contribution is 2.19. The summed E-state index contributed by atoms with van der Waals surface area (Å²) in [6.45, 7) is 1.26. The van der Waals surface area contributed by atoms with Crippen LogP contribution in [0.25, 0.3) is 0 Å². The van der Waals surface area contributed by atoms with E-state index in [9.17, 15) is 14.4 Å². The number of hydroxylamine groups is 1. The number of ketones is 1. The molecule has 1 amide bonds. The highest BCUT2D eigenvalue weighted by molar-refractivity contribution is 7.99. The lowest BCUT2D eigenvalue weighted by atomic mass is 10.1. The van der Waals surface area contributed by atoms with Gasteiger partial charge in [0.2, 0.25) is 5.91 Å². The van der Waals surface area contributed by atoms with Gasteiger partial charge in [-0.05, 0) is 12.5 Å².